The SMILES string of the molecule is CN(C)c1cc(C(=O)NCC(O)C(C)(C)C)ccn1. The number of nitrogens with one attached hydrogen (secondary N) is 1. The number of hydrogen-bond donors (Lipinski definition) is 2. The van der Waals surface area contributed by atoms with Crippen LogP contribution in [-0.2, 0) is 0 Å². The first kappa shape index (κ1) is 15.4. The number of rotatable bonds is 4. The van der Waals surface area contributed by atoms with E-state index in [4.69, 9.17) is 0 Å². The average Bonchev–Trinajstić information content (AvgIpc) is 2.34. The van der Waals surface area contributed by atoms with Gasteiger partial charge in [-0.2, -0.15) is 0 Å². The highest BCUT2D eigenvalue weighted by molar-refractivity contribution is 5.94. The molecule has 2 N–H and O–H groups in total. The summed E-state index contributed by atoms with van der Waals surface area (Å²) in [6.45, 7) is 6.03. The summed E-state index contributed by atoms with van der Waals surface area (Å²) >= 11 is 0. The Bertz CT molecular complexity index is 439. The fraction of sp³-hybridized carbons (Fsp3) is 0.571. The Labute approximate surface area is 114 Å². The van der Waals surface area contributed by atoms with Crippen LogP contribution in [0.3, 0.4) is 0 Å². The van der Waals surface area contributed by atoms with Crippen molar-refractivity contribution >= 4 is 11.7 Å². The maximum absolute atomic E-state index is 12.0. The predicted octanol–water partition coefficient (Wildman–Crippen LogP) is 1.28. The van der Waals surface area contributed by atoms with Crippen molar-refractivity contribution in [1.82, 2.24) is 10.3 Å². The lowest BCUT2D eigenvalue weighted by atomic mass is 9.89. The van der Waals surface area contributed by atoms with Gasteiger partial charge in [-0.25, -0.2) is 4.98 Å². The summed E-state index contributed by atoms with van der Waals surface area (Å²) in [4.78, 5) is 18.0. The number of anilines is 1. The van der Waals surface area contributed by atoms with Gasteiger partial charge >= 0.3 is 0 Å². The Hall–Kier alpha value is -1.62. The lowest BCUT2D eigenvalue weighted by Crippen LogP contribution is -2.39. The van der Waals surface area contributed by atoms with Gasteiger partial charge in [0, 0.05) is 32.4 Å². The zero-order valence-corrected chi connectivity index (χ0v) is 12.3. The lowest BCUT2D eigenvalue weighted by molar-refractivity contribution is 0.0587. The number of aromatic nitrogens is 1. The molecule has 5 nitrogen and oxygen atoms in total. The first-order valence-corrected chi connectivity index (χ1v) is 6.31. The van der Waals surface area contributed by atoms with E-state index in [1.807, 2.05) is 39.8 Å². The van der Waals surface area contributed by atoms with E-state index in [2.05, 4.69) is 10.3 Å². The first-order valence-electron chi connectivity index (χ1n) is 6.31. The second kappa shape index (κ2) is 6.02. The summed E-state index contributed by atoms with van der Waals surface area (Å²) in [5.74, 6) is 0.526. The predicted molar refractivity (Wildman–Crippen MR) is 76.4 cm³/mol. The molecular weight excluding hydrogens is 242 g/mol. The second-order valence-corrected chi connectivity index (χ2v) is 5.89. The molecule has 1 atom stereocenters. The minimum atomic E-state index is -0.577. The van der Waals surface area contributed by atoms with Crippen LogP contribution in [0.4, 0.5) is 5.82 Å². The van der Waals surface area contributed by atoms with Gasteiger partial charge in [-0.05, 0) is 17.5 Å². The van der Waals surface area contributed by atoms with Crippen molar-refractivity contribution in [3.05, 3.63) is 23.9 Å². The van der Waals surface area contributed by atoms with Crippen LogP contribution in [0.5, 0.6) is 0 Å². The van der Waals surface area contributed by atoms with Crippen molar-refractivity contribution in [2.45, 2.75) is 26.9 Å². The van der Waals surface area contributed by atoms with Gasteiger partial charge in [0.15, 0.2) is 0 Å². The minimum Gasteiger partial charge on any atom is -0.391 e. The van der Waals surface area contributed by atoms with Crippen molar-refractivity contribution in [3.8, 4) is 0 Å². The molecule has 1 heterocycles. The van der Waals surface area contributed by atoms with Crippen LogP contribution in [0.25, 0.3) is 0 Å². The quantitative estimate of drug-likeness (QED) is 0.861. The third-order valence-corrected chi connectivity index (χ3v) is 2.92. The maximum atomic E-state index is 12.0. The fourth-order valence-corrected chi connectivity index (χ4v) is 1.40. The largest absolute Gasteiger partial charge is 0.391 e. The molecule has 1 aromatic rings. The number of hydrogen-bond acceptors (Lipinski definition) is 4. The number of amides is 1. The highest BCUT2D eigenvalue weighted by Crippen LogP contribution is 2.18. The van der Waals surface area contributed by atoms with E-state index < -0.39 is 6.10 Å². The Morgan fingerprint density at radius 1 is 1.47 bits per heavy atom. The Kier molecular flexibility index (Phi) is 4.89. The Balaban J connectivity index is 2.66. The van der Waals surface area contributed by atoms with Crippen molar-refractivity contribution < 1.29 is 9.90 Å². The van der Waals surface area contributed by atoms with Crippen LogP contribution in [0.2, 0.25) is 0 Å². The molecule has 1 amide bonds. The van der Waals surface area contributed by atoms with Crippen molar-refractivity contribution in [2.75, 3.05) is 25.5 Å². The van der Waals surface area contributed by atoms with E-state index in [-0.39, 0.29) is 17.9 Å². The van der Waals surface area contributed by atoms with Crippen LogP contribution in [0, 0.1) is 5.41 Å². The van der Waals surface area contributed by atoms with E-state index in [9.17, 15) is 9.90 Å². The van der Waals surface area contributed by atoms with Crippen LogP contribution in [0.15, 0.2) is 18.3 Å². The minimum absolute atomic E-state index is 0.200. The zero-order chi connectivity index (χ0) is 14.6. The van der Waals surface area contributed by atoms with Gasteiger partial charge < -0.3 is 15.3 Å². The topological polar surface area (TPSA) is 65.5 Å². The molecule has 0 fully saturated rings. The summed E-state index contributed by atoms with van der Waals surface area (Å²) in [6, 6.07) is 3.38. The van der Waals surface area contributed by atoms with E-state index in [1.54, 1.807) is 18.3 Å². The third kappa shape index (κ3) is 4.52. The molecule has 0 spiro atoms. The number of aliphatic hydroxyl groups excluding tert-OH is 1. The molecule has 0 saturated heterocycles. The highest BCUT2D eigenvalue weighted by atomic mass is 16.3. The maximum Gasteiger partial charge on any atom is 0.251 e. The number of pyridine rings is 1. The van der Waals surface area contributed by atoms with E-state index in [1.165, 1.54) is 0 Å². The number of carbonyl (C=O) groups excluding carboxylic acids is 1. The fourth-order valence-electron chi connectivity index (χ4n) is 1.40. The number of nitrogens with zero attached hydrogens (tertiary/aromatic N) is 2. The molecule has 0 aliphatic rings. The van der Waals surface area contributed by atoms with Gasteiger partial charge in [0.2, 0.25) is 0 Å². The lowest BCUT2D eigenvalue weighted by Gasteiger charge is -2.25. The average molecular weight is 265 g/mol. The highest BCUT2D eigenvalue weighted by Gasteiger charge is 2.22. The Morgan fingerprint density at radius 2 is 2.11 bits per heavy atom. The van der Waals surface area contributed by atoms with Crippen LogP contribution < -0.4 is 10.2 Å². The molecule has 1 rings (SSSR count). The molecular formula is C14H23N3O2. The van der Waals surface area contributed by atoms with E-state index >= 15 is 0 Å². The monoisotopic (exact) mass is 265 g/mol. The van der Waals surface area contributed by atoms with Gasteiger partial charge in [-0.3, -0.25) is 4.79 Å². The standard InChI is InChI=1S/C14H23N3O2/c1-14(2,3)11(18)9-16-13(19)10-6-7-15-12(8-10)17(4)5/h6-8,11,18H,9H2,1-5H3,(H,16,19). The normalized spacial score (nSPS) is 12.9. The molecule has 0 aromatic carbocycles. The molecule has 1 unspecified atom stereocenters. The van der Waals surface area contributed by atoms with Crippen molar-refractivity contribution in [2.24, 2.45) is 5.41 Å². The molecule has 19 heavy (non-hydrogen) atoms. The molecule has 0 aliphatic carbocycles. The van der Waals surface area contributed by atoms with Crippen molar-refractivity contribution in [1.29, 1.82) is 0 Å². The van der Waals surface area contributed by atoms with Gasteiger partial charge in [0.1, 0.15) is 5.82 Å². The first-order chi connectivity index (χ1) is 8.71. The van der Waals surface area contributed by atoms with Crippen LogP contribution in [0.1, 0.15) is 31.1 Å². The summed E-state index contributed by atoms with van der Waals surface area (Å²) < 4.78 is 0. The Morgan fingerprint density at radius 3 is 2.63 bits per heavy atom. The van der Waals surface area contributed by atoms with E-state index in [0.29, 0.717) is 5.56 Å². The smallest absolute Gasteiger partial charge is 0.251 e. The summed E-state index contributed by atoms with van der Waals surface area (Å²) in [6.07, 6.45) is 1.02. The van der Waals surface area contributed by atoms with Gasteiger partial charge in [-0.15, -0.1) is 0 Å². The number of carbonyl (C=O) groups is 1. The number of aliphatic hydroxyl groups is 1. The molecule has 0 aliphatic heterocycles. The van der Waals surface area contributed by atoms with Crippen LogP contribution in [-0.4, -0.2) is 42.7 Å². The summed E-state index contributed by atoms with van der Waals surface area (Å²) in [5, 5.41) is 12.6. The van der Waals surface area contributed by atoms with Crippen LogP contribution >= 0.6 is 0 Å². The molecule has 106 valence electrons. The molecule has 0 radical (unpaired) electrons. The van der Waals surface area contributed by atoms with E-state index in [0.717, 1.165) is 5.82 Å². The zero-order valence-electron chi connectivity index (χ0n) is 12.3. The molecule has 0 saturated carbocycles. The summed E-state index contributed by atoms with van der Waals surface area (Å²) in [7, 11) is 3.74. The van der Waals surface area contributed by atoms with Gasteiger partial charge in [0.25, 0.3) is 5.91 Å². The van der Waals surface area contributed by atoms with Gasteiger partial charge in [-0.1, -0.05) is 20.8 Å². The summed E-state index contributed by atoms with van der Waals surface area (Å²) in [5.41, 5.74) is 0.292. The van der Waals surface area contributed by atoms with Gasteiger partial charge in [0.05, 0.1) is 6.10 Å². The molecule has 0 bridgehead atoms. The molecule has 5 heteroatoms. The van der Waals surface area contributed by atoms with Crippen molar-refractivity contribution in [3.63, 3.8) is 0 Å². The molecule has 1 aromatic heterocycles. The third-order valence-electron chi connectivity index (χ3n) is 2.92. The second-order valence-electron chi connectivity index (χ2n) is 5.89.